The lowest BCUT2D eigenvalue weighted by atomic mass is 10.1. The Hall–Kier alpha value is -2.60. The van der Waals surface area contributed by atoms with Crippen LogP contribution in [0.25, 0.3) is 10.9 Å². The van der Waals surface area contributed by atoms with Crippen molar-refractivity contribution in [2.45, 2.75) is 20.4 Å². The van der Waals surface area contributed by atoms with Crippen molar-refractivity contribution in [1.29, 1.82) is 0 Å². The summed E-state index contributed by atoms with van der Waals surface area (Å²) in [6, 6.07) is 9.46. The molecule has 6 heteroatoms. The van der Waals surface area contributed by atoms with Crippen molar-refractivity contribution in [3.05, 3.63) is 57.7 Å². The summed E-state index contributed by atoms with van der Waals surface area (Å²) in [5.74, 6) is 0.632. The maximum atomic E-state index is 12.5. The summed E-state index contributed by atoms with van der Waals surface area (Å²) in [7, 11) is 1.63. The predicted molar refractivity (Wildman–Crippen MR) is 106 cm³/mol. The van der Waals surface area contributed by atoms with Gasteiger partial charge < -0.3 is 14.6 Å². The van der Waals surface area contributed by atoms with Gasteiger partial charge in [-0.15, -0.1) is 0 Å². The number of aryl methyl sites for hydroxylation is 2. The van der Waals surface area contributed by atoms with E-state index in [0.717, 1.165) is 44.2 Å². The molecule has 5 nitrogen and oxygen atoms in total. The van der Waals surface area contributed by atoms with Crippen LogP contribution in [0.5, 0.6) is 5.75 Å². The number of fused-ring (bicyclic) bond motifs is 1. The van der Waals surface area contributed by atoms with Gasteiger partial charge in [0.1, 0.15) is 12.3 Å². The molecule has 0 bridgehead atoms. The number of methoxy groups -OCH3 is 1. The van der Waals surface area contributed by atoms with Gasteiger partial charge >= 0.3 is 0 Å². The monoisotopic (exact) mass is 414 g/mol. The first-order valence-electron chi connectivity index (χ1n) is 8.11. The summed E-state index contributed by atoms with van der Waals surface area (Å²) in [5, 5.41) is 3.76. The molecule has 0 saturated carbocycles. The smallest absolute Gasteiger partial charge is 0.244 e. The van der Waals surface area contributed by atoms with Crippen LogP contribution in [0.4, 0.5) is 5.69 Å². The molecule has 0 aliphatic rings. The molecule has 134 valence electrons. The molecule has 3 aromatic rings. The molecule has 1 heterocycles. The summed E-state index contributed by atoms with van der Waals surface area (Å²) >= 11 is 3.41. The van der Waals surface area contributed by atoms with Gasteiger partial charge in [-0.3, -0.25) is 9.59 Å². The molecule has 0 atom stereocenters. The predicted octanol–water partition coefficient (Wildman–Crippen LogP) is 4.48. The molecule has 0 aliphatic carbocycles. The zero-order valence-corrected chi connectivity index (χ0v) is 16.4. The summed E-state index contributed by atoms with van der Waals surface area (Å²) in [4.78, 5) is 23.9. The van der Waals surface area contributed by atoms with E-state index in [1.165, 1.54) is 0 Å². The third kappa shape index (κ3) is 3.51. The van der Waals surface area contributed by atoms with Crippen molar-refractivity contribution < 1.29 is 14.3 Å². The van der Waals surface area contributed by atoms with E-state index in [4.69, 9.17) is 4.74 Å². The van der Waals surface area contributed by atoms with E-state index in [0.29, 0.717) is 5.56 Å². The van der Waals surface area contributed by atoms with Gasteiger partial charge in [-0.05, 0) is 55.3 Å². The number of benzene rings is 2. The van der Waals surface area contributed by atoms with Gasteiger partial charge in [0.25, 0.3) is 0 Å². The second-order valence-electron chi connectivity index (χ2n) is 6.18. The maximum Gasteiger partial charge on any atom is 0.244 e. The lowest BCUT2D eigenvalue weighted by Gasteiger charge is -2.13. The maximum absolute atomic E-state index is 12.5. The topological polar surface area (TPSA) is 60.3 Å². The summed E-state index contributed by atoms with van der Waals surface area (Å²) in [5.41, 5.74) is 4.03. The fraction of sp³-hybridized carbons (Fsp3) is 0.200. The second kappa shape index (κ2) is 7.33. The van der Waals surface area contributed by atoms with Crippen molar-refractivity contribution >= 4 is 44.7 Å². The number of carbonyl (C=O) groups is 2. The number of amides is 1. The molecule has 0 aliphatic heterocycles. The molecule has 3 rings (SSSR count). The molecule has 1 aromatic heterocycles. The Morgan fingerprint density at radius 1 is 1.23 bits per heavy atom. The van der Waals surface area contributed by atoms with E-state index in [1.807, 2.05) is 44.2 Å². The minimum absolute atomic E-state index is 0.122. The van der Waals surface area contributed by atoms with Crippen LogP contribution in [0.3, 0.4) is 0 Å². The Kier molecular flexibility index (Phi) is 5.13. The standard InChI is InChI=1S/C20H19BrN2O3/c1-12-7-19(26-3)13(2)6-17(12)22-20(25)10-23-9-14(11-24)16-8-15(21)4-5-18(16)23/h4-9,11H,10H2,1-3H3,(H,22,25). The number of nitrogens with one attached hydrogen (secondary N) is 1. The first kappa shape index (κ1) is 18.2. The van der Waals surface area contributed by atoms with E-state index in [-0.39, 0.29) is 12.5 Å². The third-order valence-electron chi connectivity index (χ3n) is 4.33. The summed E-state index contributed by atoms with van der Waals surface area (Å²) in [6.07, 6.45) is 2.51. The van der Waals surface area contributed by atoms with E-state index in [2.05, 4.69) is 21.2 Å². The molecule has 1 N–H and O–H groups in total. The van der Waals surface area contributed by atoms with Crippen LogP contribution in [0.1, 0.15) is 21.5 Å². The molecule has 0 unspecified atom stereocenters. The number of hydrogen-bond acceptors (Lipinski definition) is 3. The number of halogens is 1. The number of aldehydes is 1. The molecule has 0 saturated heterocycles. The number of aromatic nitrogens is 1. The Balaban J connectivity index is 1.86. The average molecular weight is 415 g/mol. The number of hydrogen-bond donors (Lipinski definition) is 1. The number of ether oxygens (including phenoxy) is 1. The van der Waals surface area contributed by atoms with Crippen LogP contribution in [0, 0.1) is 13.8 Å². The summed E-state index contributed by atoms with van der Waals surface area (Å²) < 4.78 is 7.97. The highest BCUT2D eigenvalue weighted by Crippen LogP contribution is 2.27. The van der Waals surface area contributed by atoms with E-state index in [9.17, 15) is 9.59 Å². The molecule has 0 spiro atoms. The van der Waals surface area contributed by atoms with Crippen LogP contribution in [-0.4, -0.2) is 23.9 Å². The quantitative estimate of drug-likeness (QED) is 0.626. The van der Waals surface area contributed by atoms with E-state index < -0.39 is 0 Å². The molecule has 1 amide bonds. The second-order valence-corrected chi connectivity index (χ2v) is 7.09. The van der Waals surface area contributed by atoms with Gasteiger partial charge in [-0.25, -0.2) is 0 Å². The average Bonchev–Trinajstić information content (AvgIpc) is 2.94. The van der Waals surface area contributed by atoms with Crippen molar-refractivity contribution in [2.24, 2.45) is 0 Å². The number of nitrogens with zero attached hydrogens (tertiary/aromatic N) is 1. The fourth-order valence-corrected chi connectivity index (χ4v) is 3.37. The fourth-order valence-electron chi connectivity index (χ4n) is 3.01. The van der Waals surface area contributed by atoms with Crippen molar-refractivity contribution in [3.63, 3.8) is 0 Å². The molecular formula is C20H19BrN2O3. The normalized spacial score (nSPS) is 10.8. The van der Waals surface area contributed by atoms with Crippen molar-refractivity contribution in [2.75, 3.05) is 12.4 Å². The van der Waals surface area contributed by atoms with Crippen molar-refractivity contribution in [3.8, 4) is 5.75 Å². The van der Waals surface area contributed by atoms with E-state index >= 15 is 0 Å². The number of carbonyl (C=O) groups excluding carboxylic acids is 2. The minimum Gasteiger partial charge on any atom is -0.496 e. The SMILES string of the molecule is COc1cc(C)c(NC(=O)Cn2cc(C=O)c3cc(Br)ccc32)cc1C. The van der Waals surface area contributed by atoms with E-state index in [1.54, 1.807) is 17.9 Å². The molecular weight excluding hydrogens is 396 g/mol. The number of anilines is 1. The van der Waals surface area contributed by atoms with Crippen LogP contribution in [0.2, 0.25) is 0 Å². The van der Waals surface area contributed by atoms with Crippen LogP contribution in [0.15, 0.2) is 41.0 Å². The highest BCUT2D eigenvalue weighted by molar-refractivity contribution is 9.10. The first-order valence-corrected chi connectivity index (χ1v) is 8.91. The first-order chi connectivity index (χ1) is 12.4. The molecule has 2 aromatic carbocycles. The Bertz CT molecular complexity index is 1010. The van der Waals surface area contributed by atoms with Crippen LogP contribution < -0.4 is 10.1 Å². The van der Waals surface area contributed by atoms with Gasteiger partial charge in [-0.1, -0.05) is 15.9 Å². The molecule has 0 radical (unpaired) electrons. The Morgan fingerprint density at radius 2 is 2.00 bits per heavy atom. The van der Waals surface area contributed by atoms with Crippen LogP contribution >= 0.6 is 15.9 Å². The zero-order chi connectivity index (χ0) is 18.8. The highest BCUT2D eigenvalue weighted by Gasteiger charge is 2.13. The zero-order valence-electron chi connectivity index (χ0n) is 14.8. The van der Waals surface area contributed by atoms with Gasteiger partial charge in [0, 0.05) is 32.8 Å². The highest BCUT2D eigenvalue weighted by atomic mass is 79.9. The van der Waals surface area contributed by atoms with Gasteiger partial charge in [0.15, 0.2) is 6.29 Å². The Morgan fingerprint density at radius 3 is 2.69 bits per heavy atom. The van der Waals surface area contributed by atoms with Gasteiger partial charge in [0.05, 0.1) is 7.11 Å². The summed E-state index contributed by atoms with van der Waals surface area (Å²) in [6.45, 7) is 3.97. The lowest BCUT2D eigenvalue weighted by molar-refractivity contribution is -0.116. The third-order valence-corrected chi connectivity index (χ3v) is 4.82. The van der Waals surface area contributed by atoms with Gasteiger partial charge in [-0.2, -0.15) is 0 Å². The largest absolute Gasteiger partial charge is 0.496 e. The van der Waals surface area contributed by atoms with Crippen molar-refractivity contribution in [1.82, 2.24) is 4.57 Å². The molecule has 26 heavy (non-hydrogen) atoms. The number of rotatable bonds is 5. The minimum atomic E-state index is -0.157. The lowest BCUT2D eigenvalue weighted by Crippen LogP contribution is -2.19. The Labute approximate surface area is 160 Å². The van der Waals surface area contributed by atoms with Gasteiger partial charge in [0.2, 0.25) is 5.91 Å². The van der Waals surface area contributed by atoms with Crippen LogP contribution in [-0.2, 0) is 11.3 Å². The molecule has 0 fully saturated rings.